The van der Waals surface area contributed by atoms with Crippen LogP contribution in [0, 0.1) is 5.82 Å². The Balaban J connectivity index is 1.67. The Morgan fingerprint density at radius 2 is 1.84 bits per heavy atom. The summed E-state index contributed by atoms with van der Waals surface area (Å²) in [5.41, 5.74) is 2.53. The first kappa shape index (κ1) is 26.0. The van der Waals surface area contributed by atoms with Crippen molar-refractivity contribution in [2.24, 2.45) is 5.14 Å². The van der Waals surface area contributed by atoms with Crippen molar-refractivity contribution in [2.45, 2.75) is 29.2 Å². The lowest BCUT2D eigenvalue weighted by molar-refractivity contribution is 0.586. The van der Waals surface area contributed by atoms with Gasteiger partial charge in [0.05, 0.1) is 16.3 Å². The number of nitrogens with two attached hydrogens (primary N) is 1. The highest BCUT2D eigenvalue weighted by Gasteiger charge is 2.27. The van der Waals surface area contributed by atoms with Crippen LogP contribution in [-0.4, -0.2) is 39.4 Å². The standard InChI is InChI=1S/C26H26FN5O4S2/c1-29-15-18-13-25(32(17-18)38(35,36)21-6-3-11-30-16-21)22-7-2-8-23(26(22)27)31-12-4-5-19-9-10-20(14-24(19)31)37(28,33)34/h2-3,6-11,13-14,16-17,29H,4-5,12,15H2,1H3,(H2,28,33,34). The number of nitrogens with zero attached hydrogens (tertiary/aromatic N) is 3. The molecular weight excluding hydrogens is 529 g/mol. The van der Waals surface area contributed by atoms with E-state index in [9.17, 15) is 16.8 Å². The van der Waals surface area contributed by atoms with Gasteiger partial charge in [-0.2, -0.15) is 0 Å². The molecule has 9 nitrogen and oxygen atoms in total. The maximum absolute atomic E-state index is 16.3. The summed E-state index contributed by atoms with van der Waals surface area (Å²) in [5, 5.41) is 8.34. The Bertz CT molecular complexity index is 1720. The quantitative estimate of drug-likeness (QED) is 0.358. The van der Waals surface area contributed by atoms with Gasteiger partial charge in [-0.3, -0.25) is 4.98 Å². The number of sulfonamides is 1. The van der Waals surface area contributed by atoms with E-state index in [1.165, 1.54) is 48.9 Å². The molecule has 0 unspecified atom stereocenters. The van der Waals surface area contributed by atoms with Crippen LogP contribution in [0.2, 0.25) is 0 Å². The van der Waals surface area contributed by atoms with Crippen LogP contribution < -0.4 is 15.4 Å². The summed E-state index contributed by atoms with van der Waals surface area (Å²) in [6, 6.07) is 14.0. The zero-order chi connectivity index (χ0) is 27.1. The van der Waals surface area contributed by atoms with E-state index in [4.69, 9.17) is 5.14 Å². The first-order valence-electron chi connectivity index (χ1n) is 11.8. The van der Waals surface area contributed by atoms with Crippen LogP contribution in [0.5, 0.6) is 0 Å². The van der Waals surface area contributed by atoms with Crippen molar-refractivity contribution >= 4 is 31.4 Å². The average molecular weight is 556 g/mol. The maximum Gasteiger partial charge on any atom is 0.269 e. The molecule has 2 aromatic carbocycles. The molecule has 0 saturated heterocycles. The number of fused-ring (bicyclic) bond motifs is 1. The van der Waals surface area contributed by atoms with Crippen LogP contribution in [-0.2, 0) is 33.0 Å². The van der Waals surface area contributed by atoms with Crippen LogP contribution in [0.15, 0.2) is 83.0 Å². The van der Waals surface area contributed by atoms with Gasteiger partial charge in [0.15, 0.2) is 5.82 Å². The average Bonchev–Trinajstić information content (AvgIpc) is 3.33. The second-order valence-electron chi connectivity index (χ2n) is 8.98. The van der Waals surface area contributed by atoms with Crippen molar-refractivity contribution in [1.29, 1.82) is 0 Å². The Morgan fingerprint density at radius 3 is 2.55 bits per heavy atom. The number of benzene rings is 2. The fraction of sp³-hybridized carbons (Fsp3) is 0.192. The van der Waals surface area contributed by atoms with Crippen LogP contribution in [0.1, 0.15) is 17.5 Å². The van der Waals surface area contributed by atoms with Gasteiger partial charge in [0.1, 0.15) is 4.90 Å². The van der Waals surface area contributed by atoms with E-state index >= 15 is 4.39 Å². The number of nitrogens with one attached hydrogen (secondary N) is 1. The van der Waals surface area contributed by atoms with Crippen molar-refractivity contribution in [3.8, 4) is 11.3 Å². The lowest BCUT2D eigenvalue weighted by Crippen LogP contribution is -2.26. The normalized spacial score (nSPS) is 13.9. The fourth-order valence-electron chi connectivity index (χ4n) is 4.71. The molecule has 198 valence electrons. The Labute approximate surface area is 220 Å². The number of primary sulfonamides is 1. The van der Waals surface area contributed by atoms with Gasteiger partial charge in [-0.1, -0.05) is 12.1 Å². The zero-order valence-electron chi connectivity index (χ0n) is 20.5. The van der Waals surface area contributed by atoms with E-state index in [1.54, 1.807) is 36.2 Å². The van der Waals surface area contributed by atoms with E-state index < -0.39 is 25.9 Å². The molecule has 1 aliphatic rings. The van der Waals surface area contributed by atoms with E-state index in [2.05, 4.69) is 10.3 Å². The summed E-state index contributed by atoms with van der Waals surface area (Å²) in [5.74, 6) is -0.627. The minimum atomic E-state index is -4.07. The summed E-state index contributed by atoms with van der Waals surface area (Å²) in [6.07, 6.45) is 5.62. The third-order valence-corrected chi connectivity index (χ3v) is 9.03. The van der Waals surface area contributed by atoms with E-state index in [0.717, 1.165) is 16.0 Å². The van der Waals surface area contributed by atoms with Crippen molar-refractivity contribution < 1.29 is 21.2 Å². The van der Waals surface area contributed by atoms with Gasteiger partial charge >= 0.3 is 0 Å². The number of aromatic nitrogens is 2. The number of anilines is 2. The van der Waals surface area contributed by atoms with Gasteiger partial charge in [-0.15, -0.1) is 0 Å². The summed E-state index contributed by atoms with van der Waals surface area (Å²) >= 11 is 0. The lowest BCUT2D eigenvalue weighted by Gasteiger charge is -2.32. The molecule has 0 amide bonds. The van der Waals surface area contributed by atoms with E-state index in [0.29, 0.717) is 30.8 Å². The Hall–Kier alpha value is -3.58. The van der Waals surface area contributed by atoms with Crippen molar-refractivity contribution in [1.82, 2.24) is 14.3 Å². The minimum Gasteiger partial charge on any atom is -0.339 e. The largest absolute Gasteiger partial charge is 0.339 e. The van der Waals surface area contributed by atoms with E-state index in [1.807, 2.05) is 0 Å². The van der Waals surface area contributed by atoms with Crippen LogP contribution in [0.4, 0.5) is 15.8 Å². The molecule has 0 radical (unpaired) electrons. The highest BCUT2D eigenvalue weighted by atomic mass is 32.2. The predicted octanol–water partition coefficient (Wildman–Crippen LogP) is 3.38. The first-order valence-corrected chi connectivity index (χ1v) is 14.8. The monoisotopic (exact) mass is 555 g/mol. The third-order valence-electron chi connectivity index (χ3n) is 6.46. The molecule has 0 spiro atoms. The molecule has 38 heavy (non-hydrogen) atoms. The number of hydrogen-bond acceptors (Lipinski definition) is 7. The zero-order valence-corrected chi connectivity index (χ0v) is 22.1. The van der Waals surface area contributed by atoms with Gasteiger partial charge in [-0.25, -0.2) is 30.3 Å². The second kappa shape index (κ2) is 9.95. The molecule has 0 atom stereocenters. The smallest absolute Gasteiger partial charge is 0.269 e. The van der Waals surface area contributed by atoms with Crippen LogP contribution >= 0.6 is 0 Å². The second-order valence-corrected chi connectivity index (χ2v) is 12.4. The summed E-state index contributed by atoms with van der Waals surface area (Å²) in [7, 11) is -6.30. The van der Waals surface area contributed by atoms with Crippen molar-refractivity contribution in [2.75, 3.05) is 18.5 Å². The lowest BCUT2D eigenvalue weighted by atomic mass is 10.00. The van der Waals surface area contributed by atoms with Gasteiger partial charge in [-0.05, 0) is 73.5 Å². The van der Waals surface area contributed by atoms with Crippen molar-refractivity contribution in [3.63, 3.8) is 0 Å². The highest BCUT2D eigenvalue weighted by molar-refractivity contribution is 7.90. The third kappa shape index (κ3) is 4.71. The molecule has 0 aliphatic carbocycles. The molecule has 12 heteroatoms. The maximum atomic E-state index is 16.3. The van der Waals surface area contributed by atoms with E-state index in [-0.39, 0.29) is 26.7 Å². The molecule has 4 aromatic rings. The fourth-order valence-corrected chi connectivity index (χ4v) is 6.60. The number of rotatable bonds is 7. The topological polar surface area (TPSA) is 127 Å². The van der Waals surface area contributed by atoms with Gasteiger partial charge in [0, 0.05) is 42.9 Å². The number of pyridine rings is 1. The predicted molar refractivity (Wildman–Crippen MR) is 143 cm³/mol. The summed E-state index contributed by atoms with van der Waals surface area (Å²) < 4.78 is 68.4. The SMILES string of the molecule is CNCc1cc(-c2cccc(N3CCCc4ccc(S(N)(=O)=O)cc43)c2F)n(S(=O)(=O)c2cccnc2)c1. The molecule has 0 fully saturated rings. The molecule has 2 aromatic heterocycles. The summed E-state index contributed by atoms with van der Waals surface area (Å²) in [6.45, 7) is 0.821. The Kier molecular flexibility index (Phi) is 6.82. The molecule has 0 saturated carbocycles. The van der Waals surface area contributed by atoms with Crippen LogP contribution in [0.3, 0.4) is 0 Å². The molecular formula is C26H26FN5O4S2. The van der Waals surface area contributed by atoms with Gasteiger partial charge < -0.3 is 10.2 Å². The first-order chi connectivity index (χ1) is 18.1. The number of halogens is 1. The van der Waals surface area contributed by atoms with Gasteiger partial charge in [0.25, 0.3) is 10.0 Å². The molecule has 3 heterocycles. The molecule has 5 rings (SSSR count). The molecule has 3 N–H and O–H groups in total. The van der Waals surface area contributed by atoms with Crippen molar-refractivity contribution in [3.05, 3.63) is 90.1 Å². The van der Waals surface area contributed by atoms with Crippen LogP contribution in [0.25, 0.3) is 11.3 Å². The number of aryl methyl sites for hydroxylation is 1. The molecule has 1 aliphatic heterocycles. The number of hydrogen-bond donors (Lipinski definition) is 2. The highest BCUT2D eigenvalue weighted by Crippen LogP contribution is 2.39. The summed E-state index contributed by atoms with van der Waals surface area (Å²) in [4.78, 5) is 5.55. The molecule has 0 bridgehead atoms. The van der Waals surface area contributed by atoms with Gasteiger partial charge in [0.2, 0.25) is 10.0 Å². The minimum absolute atomic E-state index is 0.0232. The Morgan fingerprint density at radius 1 is 1.03 bits per heavy atom.